The molecule has 0 saturated heterocycles. The number of thiazole rings is 1. The molecular formula is C12H12N2S2. The third kappa shape index (κ3) is 1.41. The Morgan fingerprint density at radius 3 is 2.62 bits per heavy atom. The van der Waals surface area contributed by atoms with Crippen LogP contribution in [0.1, 0.15) is 4.88 Å². The normalized spacial score (nSPS) is 11.4. The standard InChI is InChI=1S/C12H12N2S2/c1-7-6-8-9(15-7)4-5-10-11(8)13-12(16-10)14(2)3/h4-6H,1-3H3. The first-order chi connectivity index (χ1) is 7.65. The number of nitrogens with zero attached hydrogens (tertiary/aromatic N) is 2. The molecule has 0 saturated carbocycles. The van der Waals surface area contributed by atoms with Gasteiger partial charge in [-0.05, 0) is 25.1 Å². The van der Waals surface area contributed by atoms with Gasteiger partial charge in [0.1, 0.15) is 0 Å². The van der Waals surface area contributed by atoms with Crippen LogP contribution in [-0.4, -0.2) is 19.1 Å². The van der Waals surface area contributed by atoms with Crippen LogP contribution in [-0.2, 0) is 0 Å². The smallest absolute Gasteiger partial charge is 0.185 e. The maximum absolute atomic E-state index is 4.70. The summed E-state index contributed by atoms with van der Waals surface area (Å²) in [6.07, 6.45) is 0. The molecule has 2 nitrogen and oxygen atoms in total. The molecule has 0 amide bonds. The minimum absolute atomic E-state index is 1.08. The van der Waals surface area contributed by atoms with E-state index in [1.54, 1.807) is 11.3 Å². The van der Waals surface area contributed by atoms with Gasteiger partial charge in [-0.25, -0.2) is 4.98 Å². The zero-order valence-corrected chi connectivity index (χ0v) is 11.1. The van der Waals surface area contributed by atoms with Gasteiger partial charge in [-0.2, -0.15) is 0 Å². The van der Waals surface area contributed by atoms with E-state index < -0.39 is 0 Å². The lowest BCUT2D eigenvalue weighted by atomic mass is 10.2. The molecule has 0 bridgehead atoms. The van der Waals surface area contributed by atoms with E-state index in [0.717, 1.165) is 10.6 Å². The van der Waals surface area contributed by atoms with Gasteiger partial charge < -0.3 is 4.90 Å². The Morgan fingerprint density at radius 1 is 1.12 bits per heavy atom. The molecule has 0 fully saturated rings. The first-order valence-electron chi connectivity index (χ1n) is 5.12. The van der Waals surface area contributed by atoms with Crippen LogP contribution in [0.3, 0.4) is 0 Å². The van der Waals surface area contributed by atoms with Crippen molar-refractivity contribution in [1.29, 1.82) is 0 Å². The van der Waals surface area contributed by atoms with E-state index in [1.165, 1.54) is 19.7 Å². The van der Waals surface area contributed by atoms with E-state index in [0.29, 0.717) is 0 Å². The van der Waals surface area contributed by atoms with Gasteiger partial charge in [-0.1, -0.05) is 11.3 Å². The molecule has 0 atom stereocenters. The highest BCUT2D eigenvalue weighted by Crippen LogP contribution is 2.36. The zero-order chi connectivity index (χ0) is 11.3. The molecule has 4 heteroatoms. The van der Waals surface area contributed by atoms with Gasteiger partial charge in [0, 0.05) is 29.1 Å². The average Bonchev–Trinajstić information content (AvgIpc) is 2.77. The third-order valence-corrected chi connectivity index (χ3v) is 4.75. The van der Waals surface area contributed by atoms with Crippen molar-refractivity contribution >= 4 is 48.1 Å². The summed E-state index contributed by atoms with van der Waals surface area (Å²) in [5.74, 6) is 0. The van der Waals surface area contributed by atoms with Gasteiger partial charge in [-0.15, -0.1) is 11.3 Å². The second-order valence-corrected chi connectivity index (χ2v) is 6.37. The first-order valence-corrected chi connectivity index (χ1v) is 6.75. The molecule has 2 aromatic heterocycles. The molecule has 3 aromatic rings. The highest BCUT2D eigenvalue weighted by atomic mass is 32.1. The fourth-order valence-corrected chi connectivity index (χ4v) is 3.64. The lowest BCUT2D eigenvalue weighted by Gasteiger charge is -2.04. The van der Waals surface area contributed by atoms with E-state index in [-0.39, 0.29) is 0 Å². The molecule has 0 unspecified atom stereocenters. The molecule has 16 heavy (non-hydrogen) atoms. The topological polar surface area (TPSA) is 16.1 Å². The van der Waals surface area contributed by atoms with Crippen LogP contribution in [0.25, 0.3) is 20.3 Å². The van der Waals surface area contributed by atoms with E-state index in [4.69, 9.17) is 4.98 Å². The van der Waals surface area contributed by atoms with Gasteiger partial charge in [-0.3, -0.25) is 0 Å². The molecule has 1 aromatic carbocycles. The molecule has 0 N–H and O–H groups in total. The minimum Gasteiger partial charge on any atom is -0.354 e. The fraction of sp³-hybridized carbons (Fsp3) is 0.250. The Labute approximate surface area is 102 Å². The van der Waals surface area contributed by atoms with E-state index in [1.807, 2.05) is 25.4 Å². The monoisotopic (exact) mass is 248 g/mol. The van der Waals surface area contributed by atoms with Gasteiger partial charge in [0.2, 0.25) is 0 Å². The number of hydrogen-bond acceptors (Lipinski definition) is 4. The summed E-state index contributed by atoms with van der Waals surface area (Å²) in [6, 6.07) is 6.62. The molecular weight excluding hydrogens is 236 g/mol. The first kappa shape index (κ1) is 10.1. The van der Waals surface area contributed by atoms with Crippen molar-refractivity contribution in [1.82, 2.24) is 4.98 Å². The van der Waals surface area contributed by atoms with E-state index in [9.17, 15) is 0 Å². The predicted molar refractivity (Wildman–Crippen MR) is 74.1 cm³/mol. The second-order valence-electron chi connectivity index (χ2n) is 4.07. The number of benzene rings is 1. The van der Waals surface area contributed by atoms with Crippen molar-refractivity contribution < 1.29 is 0 Å². The molecule has 0 radical (unpaired) electrons. The van der Waals surface area contributed by atoms with Crippen molar-refractivity contribution in [2.45, 2.75) is 6.92 Å². The summed E-state index contributed by atoms with van der Waals surface area (Å²) in [5, 5.41) is 2.37. The minimum atomic E-state index is 1.08. The van der Waals surface area contributed by atoms with E-state index >= 15 is 0 Å². The number of fused-ring (bicyclic) bond motifs is 3. The average molecular weight is 248 g/mol. The number of anilines is 1. The largest absolute Gasteiger partial charge is 0.354 e. The lowest BCUT2D eigenvalue weighted by molar-refractivity contribution is 1.11. The van der Waals surface area contributed by atoms with E-state index in [2.05, 4.69) is 30.0 Å². The SMILES string of the molecule is Cc1cc2c(ccc3sc(N(C)C)nc32)s1. The maximum atomic E-state index is 4.70. The molecule has 82 valence electrons. The second kappa shape index (κ2) is 3.43. The Kier molecular flexibility index (Phi) is 2.16. The van der Waals surface area contributed by atoms with Crippen LogP contribution in [0, 0.1) is 6.92 Å². The third-order valence-electron chi connectivity index (χ3n) is 2.55. The van der Waals surface area contributed by atoms with Crippen LogP contribution < -0.4 is 4.90 Å². The Bertz CT molecular complexity index is 664. The lowest BCUT2D eigenvalue weighted by Crippen LogP contribution is -2.07. The van der Waals surface area contributed by atoms with Crippen molar-refractivity contribution in [3.8, 4) is 0 Å². The van der Waals surface area contributed by atoms with Crippen LogP contribution in [0.5, 0.6) is 0 Å². The molecule has 2 heterocycles. The summed E-state index contributed by atoms with van der Waals surface area (Å²) >= 11 is 3.58. The van der Waals surface area contributed by atoms with Gasteiger partial charge in [0.25, 0.3) is 0 Å². The summed E-state index contributed by atoms with van der Waals surface area (Å²) in [7, 11) is 4.07. The Hall–Kier alpha value is -1.13. The number of thiophene rings is 1. The van der Waals surface area contributed by atoms with Crippen LogP contribution >= 0.6 is 22.7 Å². The highest BCUT2D eigenvalue weighted by Gasteiger charge is 2.10. The number of hydrogen-bond donors (Lipinski definition) is 0. The number of aromatic nitrogens is 1. The van der Waals surface area contributed by atoms with Gasteiger partial charge in [0.15, 0.2) is 5.13 Å². The van der Waals surface area contributed by atoms with Crippen molar-refractivity contribution in [3.63, 3.8) is 0 Å². The summed E-state index contributed by atoms with van der Waals surface area (Å²) in [4.78, 5) is 8.12. The van der Waals surface area contributed by atoms with Crippen LogP contribution in [0.4, 0.5) is 5.13 Å². The van der Waals surface area contributed by atoms with Crippen molar-refractivity contribution in [2.75, 3.05) is 19.0 Å². The number of aryl methyl sites for hydroxylation is 1. The summed E-state index contributed by atoms with van der Waals surface area (Å²) in [5.41, 5.74) is 1.15. The van der Waals surface area contributed by atoms with Crippen LogP contribution in [0.2, 0.25) is 0 Å². The summed E-state index contributed by atoms with van der Waals surface area (Å²) < 4.78 is 2.61. The van der Waals surface area contributed by atoms with Crippen LogP contribution in [0.15, 0.2) is 18.2 Å². The zero-order valence-electron chi connectivity index (χ0n) is 9.44. The maximum Gasteiger partial charge on any atom is 0.185 e. The quantitative estimate of drug-likeness (QED) is 0.649. The molecule has 0 aliphatic carbocycles. The Morgan fingerprint density at radius 2 is 1.88 bits per heavy atom. The van der Waals surface area contributed by atoms with Crippen molar-refractivity contribution in [3.05, 3.63) is 23.1 Å². The molecule has 0 aliphatic rings. The number of rotatable bonds is 1. The fourth-order valence-electron chi connectivity index (χ4n) is 1.81. The Balaban J connectivity index is 2.40. The highest BCUT2D eigenvalue weighted by molar-refractivity contribution is 7.23. The van der Waals surface area contributed by atoms with Crippen molar-refractivity contribution in [2.24, 2.45) is 0 Å². The van der Waals surface area contributed by atoms with Gasteiger partial charge in [0.05, 0.1) is 10.2 Å². The molecule has 0 aliphatic heterocycles. The molecule has 3 rings (SSSR count). The summed E-state index contributed by atoms with van der Waals surface area (Å²) in [6.45, 7) is 2.15. The predicted octanol–water partition coefficient (Wildman–Crippen LogP) is 3.89. The van der Waals surface area contributed by atoms with Gasteiger partial charge >= 0.3 is 0 Å². The molecule has 0 spiro atoms.